The van der Waals surface area contributed by atoms with Crippen molar-refractivity contribution in [1.82, 2.24) is 14.9 Å². The molecule has 5 nitrogen and oxygen atoms in total. The van der Waals surface area contributed by atoms with Gasteiger partial charge in [0.15, 0.2) is 0 Å². The topological polar surface area (TPSA) is 72.9 Å². The SMILES string of the molecule is CCNC(=O)CCn1c(CCN)nc2ccccc21. The van der Waals surface area contributed by atoms with Crippen molar-refractivity contribution in [3.8, 4) is 0 Å². The van der Waals surface area contributed by atoms with Gasteiger partial charge in [0.1, 0.15) is 5.82 Å². The standard InChI is InChI=1S/C14H20N4O/c1-2-16-14(19)8-10-18-12-6-4-3-5-11(12)17-13(18)7-9-15/h3-6H,2,7-10,15H2,1H3,(H,16,19). The highest BCUT2D eigenvalue weighted by Crippen LogP contribution is 2.16. The number of nitrogens with one attached hydrogen (secondary N) is 1. The fourth-order valence-corrected chi connectivity index (χ4v) is 2.19. The Hall–Kier alpha value is -1.88. The number of carbonyl (C=O) groups is 1. The van der Waals surface area contributed by atoms with Crippen molar-refractivity contribution >= 4 is 16.9 Å². The molecular formula is C14H20N4O. The molecule has 1 aromatic heterocycles. The first-order chi connectivity index (χ1) is 9.26. The zero-order chi connectivity index (χ0) is 13.7. The monoisotopic (exact) mass is 260 g/mol. The molecule has 102 valence electrons. The van der Waals surface area contributed by atoms with Crippen LogP contribution in [-0.2, 0) is 17.8 Å². The largest absolute Gasteiger partial charge is 0.356 e. The molecule has 2 rings (SSSR count). The second-order valence-corrected chi connectivity index (χ2v) is 4.41. The number of benzene rings is 1. The lowest BCUT2D eigenvalue weighted by Crippen LogP contribution is -2.24. The number of fused-ring (bicyclic) bond motifs is 1. The molecular weight excluding hydrogens is 240 g/mol. The number of amides is 1. The zero-order valence-electron chi connectivity index (χ0n) is 11.2. The lowest BCUT2D eigenvalue weighted by Gasteiger charge is -2.08. The van der Waals surface area contributed by atoms with Crippen LogP contribution in [0.15, 0.2) is 24.3 Å². The molecule has 0 saturated carbocycles. The van der Waals surface area contributed by atoms with Crippen molar-refractivity contribution in [2.45, 2.75) is 26.3 Å². The third-order valence-electron chi connectivity index (χ3n) is 3.04. The van der Waals surface area contributed by atoms with Gasteiger partial charge in [0.2, 0.25) is 5.91 Å². The van der Waals surface area contributed by atoms with Crippen molar-refractivity contribution in [1.29, 1.82) is 0 Å². The summed E-state index contributed by atoms with van der Waals surface area (Å²) in [7, 11) is 0. The van der Waals surface area contributed by atoms with Gasteiger partial charge in [0, 0.05) is 25.9 Å². The first-order valence-corrected chi connectivity index (χ1v) is 6.67. The van der Waals surface area contributed by atoms with E-state index in [1.807, 2.05) is 31.2 Å². The Morgan fingerprint density at radius 2 is 2.21 bits per heavy atom. The van der Waals surface area contributed by atoms with Gasteiger partial charge in [0.25, 0.3) is 0 Å². The highest BCUT2D eigenvalue weighted by molar-refractivity contribution is 5.78. The van der Waals surface area contributed by atoms with Crippen LogP contribution in [-0.4, -0.2) is 28.5 Å². The van der Waals surface area contributed by atoms with Gasteiger partial charge in [-0.2, -0.15) is 0 Å². The summed E-state index contributed by atoms with van der Waals surface area (Å²) < 4.78 is 2.09. The number of nitrogens with zero attached hydrogens (tertiary/aromatic N) is 2. The predicted molar refractivity (Wildman–Crippen MR) is 75.8 cm³/mol. The average molecular weight is 260 g/mol. The van der Waals surface area contributed by atoms with Gasteiger partial charge < -0.3 is 15.6 Å². The molecule has 19 heavy (non-hydrogen) atoms. The average Bonchev–Trinajstić information content (AvgIpc) is 2.75. The second-order valence-electron chi connectivity index (χ2n) is 4.41. The number of hydrogen-bond acceptors (Lipinski definition) is 3. The van der Waals surface area contributed by atoms with Crippen molar-refractivity contribution in [2.24, 2.45) is 5.73 Å². The molecule has 0 aliphatic carbocycles. The van der Waals surface area contributed by atoms with Crippen LogP contribution in [0.2, 0.25) is 0 Å². The van der Waals surface area contributed by atoms with Crippen LogP contribution in [0.5, 0.6) is 0 Å². The summed E-state index contributed by atoms with van der Waals surface area (Å²) in [6, 6.07) is 7.96. The van der Waals surface area contributed by atoms with Crippen LogP contribution in [0.4, 0.5) is 0 Å². The molecule has 0 radical (unpaired) electrons. The number of imidazole rings is 1. The highest BCUT2D eigenvalue weighted by atomic mass is 16.1. The molecule has 0 aliphatic rings. The quantitative estimate of drug-likeness (QED) is 0.815. The molecule has 3 N–H and O–H groups in total. The summed E-state index contributed by atoms with van der Waals surface area (Å²) in [4.78, 5) is 16.2. The molecule has 0 spiro atoms. The summed E-state index contributed by atoms with van der Waals surface area (Å²) in [6.07, 6.45) is 1.19. The number of aromatic nitrogens is 2. The molecule has 0 aliphatic heterocycles. The molecule has 0 fully saturated rings. The van der Waals surface area contributed by atoms with Gasteiger partial charge in [0.05, 0.1) is 11.0 Å². The van der Waals surface area contributed by atoms with Crippen LogP contribution in [0.25, 0.3) is 11.0 Å². The van der Waals surface area contributed by atoms with E-state index < -0.39 is 0 Å². The minimum Gasteiger partial charge on any atom is -0.356 e. The lowest BCUT2D eigenvalue weighted by atomic mass is 10.3. The van der Waals surface area contributed by atoms with Crippen LogP contribution in [0, 0.1) is 0 Å². The summed E-state index contributed by atoms with van der Waals surface area (Å²) in [5.41, 5.74) is 7.65. The Morgan fingerprint density at radius 3 is 2.95 bits per heavy atom. The van der Waals surface area contributed by atoms with E-state index >= 15 is 0 Å². The third-order valence-corrected chi connectivity index (χ3v) is 3.04. The minimum absolute atomic E-state index is 0.0685. The fraction of sp³-hybridized carbons (Fsp3) is 0.429. The molecule has 0 unspecified atom stereocenters. The molecule has 1 aromatic carbocycles. The van der Waals surface area contributed by atoms with Gasteiger partial charge in [-0.3, -0.25) is 4.79 Å². The first kappa shape index (κ1) is 13.5. The number of para-hydroxylation sites is 2. The van der Waals surface area contributed by atoms with Crippen molar-refractivity contribution < 1.29 is 4.79 Å². The summed E-state index contributed by atoms with van der Waals surface area (Å²) in [5.74, 6) is 1.02. The molecule has 0 atom stereocenters. The molecule has 2 aromatic rings. The Balaban J connectivity index is 2.23. The van der Waals surface area contributed by atoms with Crippen LogP contribution >= 0.6 is 0 Å². The summed E-state index contributed by atoms with van der Waals surface area (Å²) in [5, 5.41) is 2.81. The van der Waals surface area contributed by atoms with Crippen LogP contribution in [0.3, 0.4) is 0 Å². The van der Waals surface area contributed by atoms with E-state index in [1.165, 1.54) is 0 Å². The van der Waals surface area contributed by atoms with Gasteiger partial charge in [-0.25, -0.2) is 4.98 Å². The van der Waals surface area contributed by atoms with E-state index in [4.69, 9.17) is 5.73 Å². The normalized spacial score (nSPS) is 10.8. The van der Waals surface area contributed by atoms with Gasteiger partial charge in [-0.1, -0.05) is 12.1 Å². The summed E-state index contributed by atoms with van der Waals surface area (Å²) >= 11 is 0. The highest BCUT2D eigenvalue weighted by Gasteiger charge is 2.10. The Kier molecular flexibility index (Phi) is 4.52. The maximum atomic E-state index is 11.6. The molecule has 1 amide bonds. The molecule has 0 bridgehead atoms. The Morgan fingerprint density at radius 1 is 1.42 bits per heavy atom. The number of hydrogen-bond donors (Lipinski definition) is 2. The van der Waals surface area contributed by atoms with E-state index in [2.05, 4.69) is 14.9 Å². The lowest BCUT2D eigenvalue weighted by molar-refractivity contribution is -0.121. The zero-order valence-corrected chi connectivity index (χ0v) is 11.2. The molecule has 5 heteroatoms. The van der Waals surface area contributed by atoms with Crippen LogP contribution < -0.4 is 11.1 Å². The van der Waals surface area contributed by atoms with Crippen molar-refractivity contribution in [3.05, 3.63) is 30.1 Å². The maximum absolute atomic E-state index is 11.6. The Bertz CT molecular complexity index is 562. The summed E-state index contributed by atoms with van der Waals surface area (Å²) in [6.45, 7) is 3.79. The number of nitrogens with two attached hydrogens (primary N) is 1. The fourth-order valence-electron chi connectivity index (χ4n) is 2.19. The van der Waals surface area contributed by atoms with Crippen LogP contribution in [0.1, 0.15) is 19.2 Å². The molecule has 1 heterocycles. The van der Waals surface area contributed by atoms with Gasteiger partial charge >= 0.3 is 0 Å². The van der Waals surface area contributed by atoms with Gasteiger partial charge in [-0.05, 0) is 25.6 Å². The van der Waals surface area contributed by atoms with Crippen molar-refractivity contribution in [3.63, 3.8) is 0 Å². The van der Waals surface area contributed by atoms with E-state index in [1.54, 1.807) is 0 Å². The van der Waals surface area contributed by atoms with Gasteiger partial charge in [-0.15, -0.1) is 0 Å². The van der Waals surface area contributed by atoms with E-state index in [-0.39, 0.29) is 5.91 Å². The second kappa shape index (κ2) is 6.33. The molecule has 0 saturated heterocycles. The van der Waals surface area contributed by atoms with Crippen molar-refractivity contribution in [2.75, 3.05) is 13.1 Å². The van der Waals surface area contributed by atoms with E-state index in [0.717, 1.165) is 23.3 Å². The number of rotatable bonds is 6. The first-order valence-electron chi connectivity index (χ1n) is 6.67. The smallest absolute Gasteiger partial charge is 0.221 e. The predicted octanol–water partition coefficient (Wildman–Crippen LogP) is 1.06. The number of carbonyl (C=O) groups excluding carboxylic acids is 1. The Labute approximate surface area is 112 Å². The third kappa shape index (κ3) is 3.12. The minimum atomic E-state index is 0.0685. The maximum Gasteiger partial charge on any atom is 0.221 e. The number of aryl methyl sites for hydroxylation is 1. The van der Waals surface area contributed by atoms with E-state index in [9.17, 15) is 4.79 Å². The van der Waals surface area contributed by atoms with E-state index in [0.29, 0.717) is 26.1 Å².